The number of anilines is 1. The van der Waals surface area contributed by atoms with Crippen molar-refractivity contribution in [2.75, 3.05) is 5.32 Å². The molecule has 1 amide bonds. The van der Waals surface area contributed by atoms with Crippen LogP contribution in [0, 0.1) is 11.3 Å². The molecule has 5 nitrogen and oxygen atoms in total. The first-order valence-corrected chi connectivity index (χ1v) is 11.5. The molecule has 2 heterocycles. The van der Waals surface area contributed by atoms with Crippen molar-refractivity contribution >= 4 is 63.3 Å². The number of aromatic nitrogens is 1. The fraction of sp³-hybridized carbons (Fsp3) is 0.0417. The number of nitriles is 1. The second-order valence-electron chi connectivity index (χ2n) is 6.89. The Kier molecular flexibility index (Phi) is 7.17. The van der Waals surface area contributed by atoms with Gasteiger partial charge in [0, 0.05) is 34.2 Å². The Balaban J connectivity index is 1.45. The average Bonchev–Trinajstić information content (AvgIpc) is 3.45. The molecule has 0 radical (unpaired) electrons. The third kappa shape index (κ3) is 5.84. The van der Waals surface area contributed by atoms with Gasteiger partial charge in [-0.1, -0.05) is 46.9 Å². The van der Waals surface area contributed by atoms with E-state index in [1.807, 2.05) is 30.3 Å². The Morgan fingerprint density at radius 3 is 2.61 bits per heavy atom. The second kappa shape index (κ2) is 10.2. The van der Waals surface area contributed by atoms with E-state index in [2.05, 4.69) is 10.3 Å². The number of carbonyl (C=O) groups is 1. The highest BCUT2D eigenvalue weighted by Gasteiger charge is 2.14. The lowest BCUT2D eigenvalue weighted by Crippen LogP contribution is -2.13. The van der Waals surface area contributed by atoms with Crippen LogP contribution in [0.4, 0.5) is 5.13 Å². The standard InChI is InChI=1S/C24H14Cl3N3O2S/c25-17-4-1-14(2-5-17)9-19-13-29-24(33-19)30-23(31)16(12-28)10-18-6-8-22(32-18)15-3-7-20(26)21(27)11-15/h1-8,10-11,13H,9H2,(H,29,30,31)/b16-10+. The number of furan rings is 1. The van der Waals surface area contributed by atoms with Crippen LogP contribution in [0.25, 0.3) is 17.4 Å². The van der Waals surface area contributed by atoms with Crippen LogP contribution in [0.2, 0.25) is 15.1 Å². The monoisotopic (exact) mass is 513 g/mol. The molecule has 0 aliphatic heterocycles. The van der Waals surface area contributed by atoms with Crippen LogP contribution in [0.15, 0.2) is 70.8 Å². The summed E-state index contributed by atoms with van der Waals surface area (Å²) in [5.41, 5.74) is 1.69. The molecule has 4 aromatic rings. The molecular formula is C24H14Cl3N3O2S. The molecule has 164 valence electrons. The van der Waals surface area contributed by atoms with Gasteiger partial charge in [0.05, 0.1) is 10.0 Å². The Morgan fingerprint density at radius 1 is 1.09 bits per heavy atom. The summed E-state index contributed by atoms with van der Waals surface area (Å²) < 4.78 is 5.74. The molecule has 9 heteroatoms. The van der Waals surface area contributed by atoms with Crippen molar-refractivity contribution in [3.8, 4) is 17.4 Å². The number of hydrogen-bond donors (Lipinski definition) is 1. The van der Waals surface area contributed by atoms with Crippen molar-refractivity contribution in [2.45, 2.75) is 6.42 Å². The summed E-state index contributed by atoms with van der Waals surface area (Å²) in [5, 5.41) is 14.0. The topological polar surface area (TPSA) is 78.9 Å². The van der Waals surface area contributed by atoms with Crippen LogP contribution in [-0.2, 0) is 11.2 Å². The number of halogens is 3. The van der Waals surface area contributed by atoms with Crippen LogP contribution in [-0.4, -0.2) is 10.9 Å². The van der Waals surface area contributed by atoms with Gasteiger partial charge in [-0.05, 0) is 48.0 Å². The molecule has 0 saturated carbocycles. The number of hydrogen-bond acceptors (Lipinski definition) is 5. The van der Waals surface area contributed by atoms with E-state index in [-0.39, 0.29) is 5.57 Å². The number of thiazole rings is 1. The van der Waals surface area contributed by atoms with Gasteiger partial charge in [0.15, 0.2) is 5.13 Å². The zero-order valence-corrected chi connectivity index (χ0v) is 19.9. The predicted molar refractivity (Wildman–Crippen MR) is 133 cm³/mol. The number of nitrogens with zero attached hydrogens (tertiary/aromatic N) is 2. The number of nitrogens with one attached hydrogen (secondary N) is 1. The Bertz CT molecular complexity index is 1380. The van der Waals surface area contributed by atoms with E-state index in [1.54, 1.807) is 36.5 Å². The predicted octanol–water partition coefficient (Wildman–Crippen LogP) is 7.50. The molecule has 0 aliphatic rings. The molecule has 0 atom stereocenters. The van der Waals surface area contributed by atoms with Crippen LogP contribution < -0.4 is 5.32 Å². The number of carbonyl (C=O) groups excluding carboxylic acids is 1. The van der Waals surface area contributed by atoms with E-state index in [0.717, 1.165) is 16.0 Å². The van der Waals surface area contributed by atoms with E-state index < -0.39 is 5.91 Å². The molecule has 33 heavy (non-hydrogen) atoms. The van der Waals surface area contributed by atoms with Crippen molar-refractivity contribution in [3.63, 3.8) is 0 Å². The Hall–Kier alpha value is -3.08. The first-order valence-electron chi connectivity index (χ1n) is 9.59. The van der Waals surface area contributed by atoms with Gasteiger partial charge < -0.3 is 4.42 Å². The van der Waals surface area contributed by atoms with E-state index in [4.69, 9.17) is 39.2 Å². The molecule has 1 N–H and O–H groups in total. The largest absolute Gasteiger partial charge is 0.457 e. The Morgan fingerprint density at radius 2 is 1.88 bits per heavy atom. The maximum atomic E-state index is 12.6. The highest BCUT2D eigenvalue weighted by molar-refractivity contribution is 7.15. The molecule has 4 rings (SSSR count). The summed E-state index contributed by atoms with van der Waals surface area (Å²) in [6.07, 6.45) is 3.73. The lowest BCUT2D eigenvalue weighted by Gasteiger charge is -2.01. The highest BCUT2D eigenvalue weighted by Crippen LogP contribution is 2.30. The maximum Gasteiger partial charge on any atom is 0.268 e. The first-order chi connectivity index (χ1) is 15.9. The molecule has 2 aromatic carbocycles. The van der Waals surface area contributed by atoms with Gasteiger partial charge in [-0.15, -0.1) is 11.3 Å². The van der Waals surface area contributed by atoms with Crippen molar-refractivity contribution < 1.29 is 9.21 Å². The minimum atomic E-state index is -0.572. The fourth-order valence-corrected chi connectivity index (χ4v) is 4.21. The van der Waals surface area contributed by atoms with Gasteiger partial charge in [-0.25, -0.2) is 4.98 Å². The SMILES string of the molecule is N#C/C(=C\c1ccc(-c2ccc(Cl)c(Cl)c2)o1)C(=O)Nc1ncc(Cc2ccc(Cl)cc2)s1. The lowest BCUT2D eigenvalue weighted by molar-refractivity contribution is -0.112. The smallest absolute Gasteiger partial charge is 0.268 e. The minimum Gasteiger partial charge on any atom is -0.457 e. The summed E-state index contributed by atoms with van der Waals surface area (Å²) in [4.78, 5) is 17.8. The van der Waals surface area contributed by atoms with Gasteiger partial charge in [0.25, 0.3) is 5.91 Å². The summed E-state index contributed by atoms with van der Waals surface area (Å²) in [5.74, 6) is 0.312. The Labute approximate surface area is 208 Å². The summed E-state index contributed by atoms with van der Waals surface area (Å²) >= 11 is 19.3. The molecule has 0 bridgehead atoms. The van der Waals surface area contributed by atoms with Gasteiger partial charge in [-0.3, -0.25) is 10.1 Å². The third-order valence-corrected chi connectivity index (χ3v) is 6.45. The van der Waals surface area contributed by atoms with Crippen LogP contribution in [0.3, 0.4) is 0 Å². The number of rotatable bonds is 6. The summed E-state index contributed by atoms with van der Waals surface area (Å²) in [7, 11) is 0. The van der Waals surface area contributed by atoms with Crippen molar-refractivity contribution in [2.24, 2.45) is 0 Å². The van der Waals surface area contributed by atoms with E-state index in [1.165, 1.54) is 17.4 Å². The van der Waals surface area contributed by atoms with E-state index in [9.17, 15) is 10.1 Å². The van der Waals surface area contributed by atoms with E-state index >= 15 is 0 Å². The highest BCUT2D eigenvalue weighted by atomic mass is 35.5. The molecule has 0 unspecified atom stereocenters. The lowest BCUT2D eigenvalue weighted by atomic mass is 10.1. The van der Waals surface area contributed by atoms with Gasteiger partial charge in [-0.2, -0.15) is 5.26 Å². The molecule has 0 spiro atoms. The summed E-state index contributed by atoms with van der Waals surface area (Å²) in [6, 6.07) is 17.9. The van der Waals surface area contributed by atoms with Gasteiger partial charge in [0.2, 0.25) is 0 Å². The molecule has 0 aliphatic carbocycles. The first kappa shape index (κ1) is 23.1. The molecular weight excluding hydrogens is 501 g/mol. The fourth-order valence-electron chi connectivity index (χ4n) is 2.94. The number of benzene rings is 2. The zero-order valence-electron chi connectivity index (χ0n) is 16.8. The van der Waals surface area contributed by atoms with Gasteiger partial charge >= 0.3 is 0 Å². The van der Waals surface area contributed by atoms with Crippen molar-refractivity contribution in [1.29, 1.82) is 5.26 Å². The van der Waals surface area contributed by atoms with Gasteiger partial charge in [0.1, 0.15) is 23.2 Å². The average molecular weight is 515 g/mol. The summed E-state index contributed by atoms with van der Waals surface area (Å²) in [6.45, 7) is 0. The number of amides is 1. The van der Waals surface area contributed by atoms with Crippen molar-refractivity contribution in [1.82, 2.24) is 4.98 Å². The second-order valence-corrected chi connectivity index (χ2v) is 9.26. The molecule has 0 saturated heterocycles. The van der Waals surface area contributed by atoms with Crippen LogP contribution >= 0.6 is 46.1 Å². The minimum absolute atomic E-state index is 0.112. The third-order valence-electron chi connectivity index (χ3n) is 4.55. The molecule has 0 fully saturated rings. The molecule has 2 aromatic heterocycles. The maximum absolute atomic E-state index is 12.6. The van der Waals surface area contributed by atoms with Crippen molar-refractivity contribution in [3.05, 3.63) is 97.6 Å². The van der Waals surface area contributed by atoms with E-state index in [0.29, 0.717) is 38.1 Å². The zero-order chi connectivity index (χ0) is 23.4. The van der Waals surface area contributed by atoms with Crippen LogP contribution in [0.5, 0.6) is 0 Å². The normalized spacial score (nSPS) is 11.3. The quantitative estimate of drug-likeness (QED) is 0.213. The van der Waals surface area contributed by atoms with Crippen LogP contribution in [0.1, 0.15) is 16.2 Å².